The van der Waals surface area contributed by atoms with Gasteiger partial charge in [0.25, 0.3) is 0 Å². The molecule has 0 radical (unpaired) electrons. The SMILES string of the molecule is COC(=O)c1ccc(Cl)cc1NC(=O)C(I)c1ccccc1. The van der Waals surface area contributed by atoms with Crippen molar-refractivity contribution in [2.75, 3.05) is 12.4 Å². The van der Waals surface area contributed by atoms with Gasteiger partial charge >= 0.3 is 5.97 Å². The number of benzene rings is 2. The van der Waals surface area contributed by atoms with Crippen molar-refractivity contribution in [2.24, 2.45) is 0 Å². The van der Waals surface area contributed by atoms with Gasteiger partial charge in [0.2, 0.25) is 5.91 Å². The van der Waals surface area contributed by atoms with Gasteiger partial charge < -0.3 is 10.1 Å². The summed E-state index contributed by atoms with van der Waals surface area (Å²) in [5.41, 5.74) is 1.47. The molecule has 1 N–H and O–H groups in total. The lowest BCUT2D eigenvalue weighted by Gasteiger charge is -2.14. The van der Waals surface area contributed by atoms with E-state index in [2.05, 4.69) is 5.32 Å². The Morgan fingerprint density at radius 2 is 1.86 bits per heavy atom. The Labute approximate surface area is 146 Å². The Hall–Kier alpha value is -1.60. The van der Waals surface area contributed by atoms with Gasteiger partial charge in [0.1, 0.15) is 3.92 Å². The van der Waals surface area contributed by atoms with E-state index >= 15 is 0 Å². The summed E-state index contributed by atoms with van der Waals surface area (Å²) < 4.78 is 4.32. The third kappa shape index (κ3) is 3.98. The average Bonchev–Trinajstić information content (AvgIpc) is 2.54. The van der Waals surface area contributed by atoms with Crippen LogP contribution in [-0.2, 0) is 9.53 Å². The zero-order chi connectivity index (χ0) is 16.1. The molecule has 22 heavy (non-hydrogen) atoms. The van der Waals surface area contributed by atoms with Crippen molar-refractivity contribution in [3.63, 3.8) is 0 Å². The molecule has 0 saturated heterocycles. The number of alkyl halides is 1. The van der Waals surface area contributed by atoms with Crippen LogP contribution in [0, 0.1) is 0 Å². The summed E-state index contributed by atoms with van der Waals surface area (Å²) in [6, 6.07) is 14.0. The number of anilines is 1. The van der Waals surface area contributed by atoms with Crippen LogP contribution in [0.25, 0.3) is 0 Å². The molecule has 1 amide bonds. The number of amides is 1. The predicted octanol–water partition coefficient (Wildman–Crippen LogP) is 4.24. The zero-order valence-electron chi connectivity index (χ0n) is 11.7. The van der Waals surface area contributed by atoms with Gasteiger partial charge in [0, 0.05) is 5.02 Å². The van der Waals surface area contributed by atoms with Gasteiger partial charge in [0.05, 0.1) is 18.4 Å². The molecule has 0 spiro atoms. The van der Waals surface area contributed by atoms with E-state index < -0.39 is 5.97 Å². The number of esters is 1. The first-order chi connectivity index (χ1) is 10.5. The molecule has 114 valence electrons. The van der Waals surface area contributed by atoms with E-state index in [1.165, 1.54) is 19.2 Å². The first-order valence-corrected chi connectivity index (χ1v) is 8.03. The minimum Gasteiger partial charge on any atom is -0.465 e. The van der Waals surface area contributed by atoms with E-state index in [1.807, 2.05) is 52.9 Å². The van der Waals surface area contributed by atoms with Crippen LogP contribution in [0.1, 0.15) is 19.8 Å². The van der Waals surface area contributed by atoms with Crippen molar-refractivity contribution >= 4 is 51.8 Å². The van der Waals surface area contributed by atoms with E-state index in [0.29, 0.717) is 10.7 Å². The predicted molar refractivity (Wildman–Crippen MR) is 94.6 cm³/mol. The number of ether oxygens (including phenoxy) is 1. The highest BCUT2D eigenvalue weighted by Crippen LogP contribution is 2.27. The second-order valence-corrected chi connectivity index (χ2v) is 6.13. The molecular weight excluding hydrogens is 417 g/mol. The molecule has 1 unspecified atom stereocenters. The fourth-order valence-electron chi connectivity index (χ4n) is 1.88. The summed E-state index contributed by atoms with van der Waals surface area (Å²) in [4.78, 5) is 24.1. The number of carbonyl (C=O) groups is 2. The second-order valence-electron chi connectivity index (χ2n) is 4.44. The number of halogens is 2. The number of rotatable bonds is 4. The molecule has 2 aromatic carbocycles. The smallest absolute Gasteiger partial charge is 0.339 e. The Balaban J connectivity index is 2.24. The molecule has 4 nitrogen and oxygen atoms in total. The Morgan fingerprint density at radius 1 is 1.18 bits per heavy atom. The van der Waals surface area contributed by atoms with E-state index in [9.17, 15) is 9.59 Å². The molecule has 0 bridgehead atoms. The second kappa shape index (κ2) is 7.60. The lowest BCUT2D eigenvalue weighted by atomic mass is 10.1. The van der Waals surface area contributed by atoms with Gasteiger partial charge in [-0.2, -0.15) is 0 Å². The van der Waals surface area contributed by atoms with Crippen molar-refractivity contribution in [1.82, 2.24) is 0 Å². The van der Waals surface area contributed by atoms with Gasteiger partial charge in [-0.25, -0.2) is 4.79 Å². The molecule has 2 aromatic rings. The Bertz CT molecular complexity index is 691. The van der Waals surface area contributed by atoms with Crippen molar-refractivity contribution in [1.29, 1.82) is 0 Å². The van der Waals surface area contributed by atoms with Crippen LogP contribution < -0.4 is 5.32 Å². The zero-order valence-corrected chi connectivity index (χ0v) is 14.6. The third-order valence-corrected chi connectivity index (χ3v) is 4.49. The van der Waals surface area contributed by atoms with Crippen LogP contribution in [0.3, 0.4) is 0 Å². The molecule has 0 fully saturated rings. The highest BCUT2D eigenvalue weighted by atomic mass is 127. The number of carbonyl (C=O) groups excluding carboxylic acids is 2. The molecule has 0 heterocycles. The van der Waals surface area contributed by atoms with Gasteiger partial charge in [0.15, 0.2) is 0 Å². The van der Waals surface area contributed by atoms with E-state index in [1.54, 1.807) is 6.07 Å². The minimum atomic E-state index is -0.531. The van der Waals surface area contributed by atoms with Gasteiger partial charge in [-0.15, -0.1) is 0 Å². The van der Waals surface area contributed by atoms with Crippen LogP contribution in [0.5, 0.6) is 0 Å². The summed E-state index contributed by atoms with van der Waals surface area (Å²) in [5.74, 6) is -0.768. The molecule has 0 aliphatic rings. The summed E-state index contributed by atoms with van der Waals surface area (Å²) in [5, 5.41) is 3.16. The Morgan fingerprint density at radius 3 is 2.50 bits per heavy atom. The maximum atomic E-state index is 12.4. The average molecular weight is 430 g/mol. The molecule has 1 atom stereocenters. The standard InChI is InChI=1S/C16H13ClINO3/c1-22-16(21)12-8-7-11(17)9-13(12)19-15(20)14(18)10-5-3-2-4-6-10/h2-9,14H,1H3,(H,19,20). The van der Waals surface area contributed by atoms with Crippen molar-refractivity contribution < 1.29 is 14.3 Å². The monoisotopic (exact) mass is 429 g/mol. The van der Waals surface area contributed by atoms with Crippen molar-refractivity contribution in [2.45, 2.75) is 3.92 Å². The topological polar surface area (TPSA) is 55.4 Å². The highest BCUT2D eigenvalue weighted by molar-refractivity contribution is 14.1. The quantitative estimate of drug-likeness (QED) is 0.449. The summed E-state index contributed by atoms with van der Waals surface area (Å²) in [6.07, 6.45) is 0. The molecular formula is C16H13ClINO3. The fourth-order valence-corrected chi connectivity index (χ4v) is 2.62. The highest BCUT2D eigenvalue weighted by Gasteiger charge is 2.20. The Kier molecular flexibility index (Phi) is 5.79. The van der Waals surface area contributed by atoms with Crippen LogP contribution in [0.4, 0.5) is 5.69 Å². The maximum Gasteiger partial charge on any atom is 0.339 e. The van der Waals surface area contributed by atoms with Crippen LogP contribution >= 0.6 is 34.2 Å². The lowest BCUT2D eigenvalue weighted by molar-refractivity contribution is -0.115. The third-order valence-electron chi connectivity index (χ3n) is 2.97. The van der Waals surface area contributed by atoms with Crippen LogP contribution in [0.2, 0.25) is 5.02 Å². The molecule has 0 aliphatic heterocycles. The van der Waals surface area contributed by atoms with Gasteiger partial charge in [-0.05, 0) is 23.8 Å². The van der Waals surface area contributed by atoms with Crippen molar-refractivity contribution in [3.8, 4) is 0 Å². The largest absolute Gasteiger partial charge is 0.465 e. The van der Waals surface area contributed by atoms with Crippen LogP contribution in [-0.4, -0.2) is 19.0 Å². The normalized spacial score (nSPS) is 11.6. The first-order valence-electron chi connectivity index (χ1n) is 6.40. The molecule has 0 aliphatic carbocycles. The maximum absolute atomic E-state index is 12.4. The number of hydrogen-bond donors (Lipinski definition) is 1. The lowest BCUT2D eigenvalue weighted by Crippen LogP contribution is -2.19. The number of methoxy groups -OCH3 is 1. The fraction of sp³-hybridized carbons (Fsp3) is 0.125. The van der Waals surface area contributed by atoms with Crippen molar-refractivity contribution in [3.05, 3.63) is 64.7 Å². The van der Waals surface area contributed by atoms with Gasteiger partial charge in [-0.3, -0.25) is 4.79 Å². The molecule has 0 aromatic heterocycles. The molecule has 6 heteroatoms. The number of hydrogen-bond acceptors (Lipinski definition) is 3. The van der Waals surface area contributed by atoms with E-state index in [-0.39, 0.29) is 15.4 Å². The molecule has 2 rings (SSSR count). The summed E-state index contributed by atoms with van der Waals surface area (Å²) in [6.45, 7) is 0. The summed E-state index contributed by atoms with van der Waals surface area (Å²) >= 11 is 7.99. The van der Waals surface area contributed by atoms with E-state index in [4.69, 9.17) is 16.3 Å². The summed E-state index contributed by atoms with van der Waals surface area (Å²) in [7, 11) is 1.29. The van der Waals surface area contributed by atoms with E-state index in [0.717, 1.165) is 5.56 Å². The number of nitrogens with one attached hydrogen (secondary N) is 1. The van der Waals surface area contributed by atoms with Crippen LogP contribution in [0.15, 0.2) is 48.5 Å². The minimum absolute atomic E-state index is 0.237. The molecule has 0 saturated carbocycles. The first kappa shape index (κ1) is 16.8. The van der Waals surface area contributed by atoms with Gasteiger partial charge in [-0.1, -0.05) is 64.5 Å².